The Labute approximate surface area is 166 Å². The molecule has 0 aliphatic heterocycles. The van der Waals surface area contributed by atoms with Crippen LogP contribution in [-0.2, 0) is 6.61 Å². The summed E-state index contributed by atoms with van der Waals surface area (Å²) < 4.78 is 1.88. The smallest absolute Gasteiger partial charge is 0.137 e. The Kier molecular flexibility index (Phi) is 8.63. The molecule has 4 nitrogen and oxygen atoms in total. The highest BCUT2D eigenvalue weighted by Gasteiger charge is 2.03. The minimum Gasteiger partial charge on any atom is -0.390 e. The summed E-state index contributed by atoms with van der Waals surface area (Å²) in [6.07, 6.45) is 3.72. The number of rotatable bonds is 3. The maximum Gasteiger partial charge on any atom is 0.137 e. The van der Waals surface area contributed by atoms with E-state index in [2.05, 4.69) is 34.2 Å². The monoisotopic (exact) mass is 373 g/mol. The topological polar surface area (TPSA) is 49.9 Å². The number of aliphatic hydroxyl groups excluding tert-OH is 1. The van der Waals surface area contributed by atoms with E-state index in [0.717, 1.165) is 22.5 Å². The van der Waals surface area contributed by atoms with Crippen molar-refractivity contribution in [1.29, 1.82) is 0 Å². The van der Waals surface area contributed by atoms with Crippen molar-refractivity contribution in [1.82, 2.24) is 9.38 Å². The lowest BCUT2D eigenvalue weighted by Crippen LogP contribution is -2.02. The third-order valence-electron chi connectivity index (χ3n) is 3.89. The van der Waals surface area contributed by atoms with Gasteiger partial charge in [0.05, 0.1) is 18.0 Å². The van der Waals surface area contributed by atoms with Gasteiger partial charge in [-0.25, -0.2) is 4.98 Å². The Morgan fingerprint density at radius 1 is 0.857 bits per heavy atom. The maximum atomic E-state index is 8.76. The lowest BCUT2D eigenvalue weighted by atomic mass is 10.0. The van der Waals surface area contributed by atoms with Crippen LogP contribution in [0.2, 0.25) is 0 Å². The van der Waals surface area contributed by atoms with Gasteiger partial charge in [-0.3, -0.25) is 4.99 Å². The molecular formula is C24H27N3O. The number of aromatic nitrogens is 2. The van der Waals surface area contributed by atoms with Gasteiger partial charge in [0.2, 0.25) is 0 Å². The van der Waals surface area contributed by atoms with Crippen molar-refractivity contribution in [3.05, 3.63) is 108 Å². The molecule has 0 amide bonds. The molecule has 2 aromatic heterocycles. The molecule has 0 radical (unpaired) electrons. The summed E-state index contributed by atoms with van der Waals surface area (Å²) in [5.74, 6) is 0. The number of hydrogen-bond donors (Lipinski definition) is 1. The quantitative estimate of drug-likeness (QED) is 0.513. The molecule has 0 aliphatic rings. The SMILES string of the molecule is CC.CN=C(c1ccccc1)c1ccccc1.OCc1cn2ccccc2n1. The van der Waals surface area contributed by atoms with Gasteiger partial charge in [-0.15, -0.1) is 0 Å². The zero-order valence-corrected chi connectivity index (χ0v) is 16.7. The highest BCUT2D eigenvalue weighted by atomic mass is 16.3. The fourth-order valence-corrected chi connectivity index (χ4v) is 2.68. The van der Waals surface area contributed by atoms with Gasteiger partial charge in [-0.2, -0.15) is 0 Å². The van der Waals surface area contributed by atoms with Gasteiger partial charge in [0.15, 0.2) is 0 Å². The molecule has 0 aliphatic carbocycles. The molecule has 0 atom stereocenters. The molecule has 0 saturated carbocycles. The molecular weight excluding hydrogens is 346 g/mol. The number of aliphatic hydroxyl groups is 1. The van der Waals surface area contributed by atoms with Gasteiger partial charge in [-0.1, -0.05) is 80.6 Å². The molecule has 2 aromatic carbocycles. The summed E-state index contributed by atoms with van der Waals surface area (Å²) in [4.78, 5) is 8.49. The maximum absolute atomic E-state index is 8.76. The standard InChI is InChI=1S/C14H13N.C8H8N2O.C2H6/c1-15-14(12-8-4-2-5-9-12)13-10-6-3-7-11-13;11-6-7-5-10-4-2-1-3-8(10)9-7;1-2/h2-11H,1H3;1-5,11H,6H2;1-2H3. The van der Waals surface area contributed by atoms with Crippen molar-refractivity contribution >= 4 is 11.4 Å². The second-order valence-electron chi connectivity index (χ2n) is 5.66. The molecule has 0 fully saturated rings. The van der Waals surface area contributed by atoms with Crippen molar-refractivity contribution in [2.75, 3.05) is 7.05 Å². The van der Waals surface area contributed by atoms with E-state index in [9.17, 15) is 0 Å². The van der Waals surface area contributed by atoms with Crippen LogP contribution >= 0.6 is 0 Å². The highest BCUT2D eigenvalue weighted by molar-refractivity contribution is 6.12. The van der Waals surface area contributed by atoms with E-state index in [1.54, 1.807) is 0 Å². The second-order valence-corrected chi connectivity index (χ2v) is 5.66. The summed E-state index contributed by atoms with van der Waals surface area (Å²) in [7, 11) is 1.83. The van der Waals surface area contributed by atoms with E-state index < -0.39 is 0 Å². The van der Waals surface area contributed by atoms with Crippen molar-refractivity contribution in [3.63, 3.8) is 0 Å². The molecule has 0 saturated heterocycles. The van der Waals surface area contributed by atoms with Crippen LogP contribution in [0.3, 0.4) is 0 Å². The van der Waals surface area contributed by atoms with E-state index >= 15 is 0 Å². The van der Waals surface area contributed by atoms with Crippen molar-refractivity contribution < 1.29 is 5.11 Å². The Bertz CT molecular complexity index is 902. The predicted molar refractivity (Wildman–Crippen MR) is 117 cm³/mol. The van der Waals surface area contributed by atoms with Gasteiger partial charge >= 0.3 is 0 Å². The first-order chi connectivity index (χ1) is 13.8. The largest absolute Gasteiger partial charge is 0.390 e. The molecule has 0 bridgehead atoms. The molecule has 144 valence electrons. The van der Waals surface area contributed by atoms with E-state index in [0.29, 0.717) is 5.69 Å². The zero-order chi connectivity index (χ0) is 20.2. The number of fused-ring (bicyclic) bond motifs is 1. The van der Waals surface area contributed by atoms with Gasteiger partial charge in [-0.05, 0) is 12.1 Å². The minimum atomic E-state index is 0.00167. The fourth-order valence-electron chi connectivity index (χ4n) is 2.68. The Hall–Kier alpha value is -3.24. The van der Waals surface area contributed by atoms with E-state index in [4.69, 9.17) is 5.11 Å². The molecule has 4 heteroatoms. The third kappa shape index (κ3) is 5.63. The highest BCUT2D eigenvalue weighted by Crippen LogP contribution is 2.10. The average molecular weight is 374 g/mol. The molecule has 2 heterocycles. The number of aliphatic imine (C=N–C) groups is 1. The lowest BCUT2D eigenvalue weighted by molar-refractivity contribution is 0.277. The van der Waals surface area contributed by atoms with Crippen LogP contribution in [0.15, 0.2) is 96.2 Å². The predicted octanol–water partition coefficient (Wildman–Crippen LogP) is 5.01. The van der Waals surface area contributed by atoms with Crippen LogP contribution < -0.4 is 0 Å². The van der Waals surface area contributed by atoms with Crippen LogP contribution in [-0.4, -0.2) is 27.3 Å². The van der Waals surface area contributed by atoms with Gasteiger partial charge in [0.1, 0.15) is 5.65 Å². The second kappa shape index (κ2) is 11.5. The van der Waals surface area contributed by atoms with Gasteiger partial charge in [0, 0.05) is 30.6 Å². The summed E-state index contributed by atoms with van der Waals surface area (Å²) in [5, 5.41) is 8.76. The summed E-state index contributed by atoms with van der Waals surface area (Å²) in [5.41, 5.74) is 4.93. The van der Waals surface area contributed by atoms with E-state index in [1.165, 1.54) is 0 Å². The molecule has 1 N–H and O–H groups in total. The van der Waals surface area contributed by atoms with Crippen LogP contribution in [0, 0.1) is 0 Å². The number of imidazole rings is 1. The Morgan fingerprint density at radius 3 is 1.86 bits per heavy atom. The summed E-state index contributed by atoms with van der Waals surface area (Å²) in [6.45, 7) is 4.00. The van der Waals surface area contributed by atoms with Crippen LogP contribution in [0.5, 0.6) is 0 Å². The first kappa shape index (κ1) is 21.1. The first-order valence-corrected chi connectivity index (χ1v) is 9.43. The zero-order valence-electron chi connectivity index (χ0n) is 16.7. The van der Waals surface area contributed by atoms with E-state index in [1.807, 2.05) is 92.3 Å². The van der Waals surface area contributed by atoms with Crippen molar-refractivity contribution in [2.24, 2.45) is 4.99 Å². The Balaban J connectivity index is 0.000000191. The normalized spacial score (nSPS) is 9.57. The summed E-state index contributed by atoms with van der Waals surface area (Å²) >= 11 is 0. The molecule has 4 aromatic rings. The molecule has 4 rings (SSSR count). The molecule has 0 spiro atoms. The fraction of sp³-hybridized carbons (Fsp3) is 0.167. The van der Waals surface area contributed by atoms with E-state index in [-0.39, 0.29) is 6.61 Å². The molecule has 0 unspecified atom stereocenters. The minimum absolute atomic E-state index is 0.00167. The van der Waals surface area contributed by atoms with Crippen LogP contribution in [0.1, 0.15) is 30.7 Å². The lowest BCUT2D eigenvalue weighted by Gasteiger charge is -2.05. The summed E-state index contributed by atoms with van der Waals surface area (Å²) in [6, 6.07) is 26.2. The van der Waals surface area contributed by atoms with Gasteiger partial charge < -0.3 is 9.51 Å². The van der Waals surface area contributed by atoms with Crippen LogP contribution in [0.4, 0.5) is 0 Å². The molecule has 28 heavy (non-hydrogen) atoms. The Morgan fingerprint density at radius 2 is 1.39 bits per heavy atom. The third-order valence-corrected chi connectivity index (χ3v) is 3.89. The first-order valence-electron chi connectivity index (χ1n) is 9.43. The number of nitrogens with zero attached hydrogens (tertiary/aromatic N) is 3. The number of hydrogen-bond acceptors (Lipinski definition) is 3. The number of benzene rings is 2. The van der Waals surface area contributed by atoms with Gasteiger partial charge in [0.25, 0.3) is 0 Å². The van der Waals surface area contributed by atoms with Crippen LogP contribution in [0.25, 0.3) is 5.65 Å². The van der Waals surface area contributed by atoms with Crippen molar-refractivity contribution in [2.45, 2.75) is 20.5 Å². The average Bonchev–Trinajstić information content (AvgIpc) is 3.21. The van der Waals surface area contributed by atoms with Crippen molar-refractivity contribution in [3.8, 4) is 0 Å². The number of pyridine rings is 1.